The predicted octanol–water partition coefficient (Wildman–Crippen LogP) is 2.37. The number of rotatable bonds is 6. The van der Waals surface area contributed by atoms with Gasteiger partial charge in [0, 0.05) is 31.9 Å². The Labute approximate surface area is 160 Å². The minimum atomic E-state index is -0.565. The van der Waals surface area contributed by atoms with Gasteiger partial charge >= 0.3 is 0 Å². The average Bonchev–Trinajstić information content (AvgIpc) is 3.02. The highest BCUT2D eigenvalue weighted by Crippen LogP contribution is 2.32. The summed E-state index contributed by atoms with van der Waals surface area (Å²) in [6.07, 6.45) is 0.622. The van der Waals surface area contributed by atoms with Crippen molar-refractivity contribution in [3.8, 4) is 11.1 Å². The molecule has 0 unspecified atom stereocenters. The Balaban J connectivity index is 1.77. The highest BCUT2D eigenvalue weighted by Gasteiger charge is 2.21. The first-order valence-electron chi connectivity index (χ1n) is 9.54. The summed E-state index contributed by atoms with van der Waals surface area (Å²) < 4.78 is 5.33. The van der Waals surface area contributed by atoms with Crippen molar-refractivity contribution in [2.45, 2.75) is 33.2 Å². The molecule has 0 spiro atoms. The second-order valence-corrected chi connectivity index (χ2v) is 7.47. The van der Waals surface area contributed by atoms with E-state index < -0.39 is 6.04 Å². The third-order valence-corrected chi connectivity index (χ3v) is 4.80. The fraction of sp³-hybridized carbons (Fsp3) is 0.500. The van der Waals surface area contributed by atoms with Gasteiger partial charge in [0.05, 0.1) is 11.6 Å². The van der Waals surface area contributed by atoms with Crippen molar-refractivity contribution in [1.82, 2.24) is 10.5 Å². The summed E-state index contributed by atoms with van der Waals surface area (Å²) in [5.41, 5.74) is 8.93. The maximum atomic E-state index is 12.4. The predicted molar refractivity (Wildman–Crippen MR) is 108 cm³/mol. The Morgan fingerprint density at radius 1 is 1.30 bits per heavy atom. The van der Waals surface area contributed by atoms with Gasteiger partial charge in [-0.25, -0.2) is 0 Å². The number of piperazine rings is 1. The van der Waals surface area contributed by atoms with Gasteiger partial charge < -0.3 is 25.8 Å². The number of anilines is 2. The number of aromatic nitrogens is 1. The van der Waals surface area contributed by atoms with Gasteiger partial charge in [0.1, 0.15) is 5.76 Å². The van der Waals surface area contributed by atoms with Crippen LogP contribution >= 0.6 is 0 Å². The van der Waals surface area contributed by atoms with Crippen LogP contribution in [-0.4, -0.2) is 43.3 Å². The average molecular weight is 371 g/mol. The number of hydrogen-bond acceptors (Lipinski definition) is 6. The van der Waals surface area contributed by atoms with Crippen LogP contribution in [0.5, 0.6) is 0 Å². The van der Waals surface area contributed by atoms with Crippen molar-refractivity contribution in [2.24, 2.45) is 11.7 Å². The molecule has 2 heterocycles. The zero-order valence-electron chi connectivity index (χ0n) is 16.3. The maximum absolute atomic E-state index is 12.4. The lowest BCUT2D eigenvalue weighted by atomic mass is 10.0. The summed E-state index contributed by atoms with van der Waals surface area (Å²) in [6.45, 7) is 9.92. The summed E-state index contributed by atoms with van der Waals surface area (Å²) >= 11 is 0. The number of hydrogen-bond donors (Lipinski definition) is 3. The largest absolute Gasteiger partial charge is 0.369 e. The van der Waals surface area contributed by atoms with Crippen molar-refractivity contribution in [3.05, 3.63) is 30.0 Å². The van der Waals surface area contributed by atoms with E-state index in [4.69, 9.17) is 10.3 Å². The smallest absolute Gasteiger partial charge is 0.242 e. The van der Waals surface area contributed by atoms with Crippen molar-refractivity contribution >= 4 is 17.4 Å². The maximum Gasteiger partial charge on any atom is 0.242 e. The first-order valence-corrected chi connectivity index (χ1v) is 9.54. The number of nitrogens with one attached hydrogen (secondary N) is 2. The number of aryl methyl sites for hydroxylation is 1. The first kappa shape index (κ1) is 19.4. The van der Waals surface area contributed by atoms with E-state index in [1.165, 1.54) is 5.69 Å². The van der Waals surface area contributed by atoms with Crippen molar-refractivity contribution in [2.75, 3.05) is 36.4 Å². The summed E-state index contributed by atoms with van der Waals surface area (Å²) in [5.74, 6) is 1.20. The molecule has 1 fully saturated rings. The van der Waals surface area contributed by atoms with Gasteiger partial charge in [-0.1, -0.05) is 31.1 Å². The molecule has 3 rings (SSSR count). The minimum absolute atomic E-state index is 0.240. The number of carbonyl (C=O) groups excluding carboxylic acids is 1. The Hall–Kier alpha value is -2.38. The molecule has 2 aromatic rings. The number of benzene rings is 1. The Bertz CT molecular complexity index is 763. The molecule has 27 heavy (non-hydrogen) atoms. The minimum Gasteiger partial charge on any atom is -0.369 e. The molecule has 1 aromatic carbocycles. The van der Waals surface area contributed by atoms with Gasteiger partial charge in [-0.2, -0.15) is 0 Å². The van der Waals surface area contributed by atoms with E-state index in [0.29, 0.717) is 23.9 Å². The highest BCUT2D eigenvalue weighted by atomic mass is 16.5. The summed E-state index contributed by atoms with van der Waals surface area (Å²) in [6, 6.07) is 7.72. The van der Waals surface area contributed by atoms with Gasteiger partial charge in [0.15, 0.2) is 5.82 Å². The Morgan fingerprint density at radius 2 is 1.96 bits per heavy atom. The van der Waals surface area contributed by atoms with Crippen LogP contribution < -0.4 is 21.3 Å². The van der Waals surface area contributed by atoms with Crippen LogP contribution in [0.1, 0.15) is 26.0 Å². The lowest BCUT2D eigenvalue weighted by Crippen LogP contribution is -2.43. The van der Waals surface area contributed by atoms with Crippen LogP contribution in [-0.2, 0) is 4.79 Å². The number of nitrogens with zero attached hydrogens (tertiary/aromatic N) is 2. The fourth-order valence-corrected chi connectivity index (χ4v) is 3.38. The molecule has 146 valence electrons. The molecule has 1 aliphatic heterocycles. The van der Waals surface area contributed by atoms with E-state index in [2.05, 4.69) is 32.8 Å². The lowest BCUT2D eigenvalue weighted by molar-refractivity contribution is -0.117. The van der Waals surface area contributed by atoms with Crippen LogP contribution in [0.15, 0.2) is 28.8 Å². The molecular formula is C20H29N5O2. The van der Waals surface area contributed by atoms with Gasteiger partial charge in [0.25, 0.3) is 0 Å². The molecule has 0 bridgehead atoms. The van der Waals surface area contributed by atoms with Crippen molar-refractivity contribution < 1.29 is 9.32 Å². The second kappa shape index (κ2) is 8.54. The standard InChI is InChI=1S/C20H29N5O2/c1-13(2)12-17(21)20(26)23-19-18(14(3)27-24-19)15-4-6-16(7-5-15)25-10-8-22-9-11-25/h4-7,13,17,22H,8-12,21H2,1-3H3,(H,23,24,26)/t17-/m0/s1. The zero-order chi connectivity index (χ0) is 19.4. The van der Waals surface area contributed by atoms with Crippen molar-refractivity contribution in [1.29, 1.82) is 0 Å². The summed E-state index contributed by atoms with van der Waals surface area (Å²) in [4.78, 5) is 14.7. The highest BCUT2D eigenvalue weighted by molar-refractivity contribution is 5.97. The van der Waals surface area contributed by atoms with E-state index in [1.54, 1.807) is 0 Å². The third-order valence-electron chi connectivity index (χ3n) is 4.80. The molecule has 0 saturated carbocycles. The Kier molecular flexibility index (Phi) is 6.13. The van der Waals surface area contributed by atoms with Crippen LogP contribution in [0.25, 0.3) is 11.1 Å². The third kappa shape index (κ3) is 4.67. The molecule has 0 aliphatic carbocycles. The zero-order valence-corrected chi connectivity index (χ0v) is 16.3. The molecule has 1 atom stereocenters. The van der Waals surface area contributed by atoms with E-state index in [1.807, 2.05) is 32.9 Å². The topological polar surface area (TPSA) is 96.4 Å². The molecule has 1 aromatic heterocycles. The quantitative estimate of drug-likeness (QED) is 0.721. The number of amides is 1. The van der Waals surface area contributed by atoms with Crippen LogP contribution in [0, 0.1) is 12.8 Å². The molecule has 7 heteroatoms. The van der Waals surface area contributed by atoms with Crippen molar-refractivity contribution in [3.63, 3.8) is 0 Å². The molecule has 4 N–H and O–H groups in total. The van der Waals surface area contributed by atoms with Crippen LogP contribution in [0.3, 0.4) is 0 Å². The molecule has 1 saturated heterocycles. The van der Waals surface area contributed by atoms with Gasteiger partial charge in [-0.05, 0) is 37.0 Å². The SMILES string of the molecule is Cc1onc(NC(=O)[C@@H](N)CC(C)C)c1-c1ccc(N2CCNCC2)cc1. The second-order valence-electron chi connectivity index (χ2n) is 7.47. The van der Waals surface area contributed by atoms with E-state index in [9.17, 15) is 4.79 Å². The van der Waals surface area contributed by atoms with E-state index >= 15 is 0 Å². The Morgan fingerprint density at radius 3 is 2.59 bits per heavy atom. The normalized spacial score (nSPS) is 15.8. The van der Waals surface area contributed by atoms with E-state index in [0.717, 1.165) is 37.3 Å². The van der Waals surface area contributed by atoms with Gasteiger partial charge in [-0.3, -0.25) is 4.79 Å². The van der Waals surface area contributed by atoms with Crippen LogP contribution in [0.2, 0.25) is 0 Å². The number of carbonyl (C=O) groups is 1. The van der Waals surface area contributed by atoms with Gasteiger partial charge in [-0.15, -0.1) is 0 Å². The molecule has 1 amide bonds. The molecule has 7 nitrogen and oxygen atoms in total. The van der Waals surface area contributed by atoms with E-state index in [-0.39, 0.29) is 5.91 Å². The molecular weight excluding hydrogens is 342 g/mol. The van der Waals surface area contributed by atoms with Crippen LogP contribution in [0.4, 0.5) is 11.5 Å². The molecule has 1 aliphatic rings. The fourth-order valence-electron chi connectivity index (χ4n) is 3.38. The van der Waals surface area contributed by atoms with Gasteiger partial charge in [0.2, 0.25) is 5.91 Å². The molecule has 0 radical (unpaired) electrons. The summed E-state index contributed by atoms with van der Waals surface area (Å²) in [7, 11) is 0. The monoisotopic (exact) mass is 371 g/mol. The summed E-state index contributed by atoms with van der Waals surface area (Å²) in [5, 5.41) is 10.2. The lowest BCUT2D eigenvalue weighted by Gasteiger charge is -2.29. The number of nitrogens with two attached hydrogens (primary N) is 1. The first-order chi connectivity index (χ1) is 13.0.